The van der Waals surface area contributed by atoms with Crippen LogP contribution >= 0.6 is 0 Å². The fourth-order valence-corrected chi connectivity index (χ4v) is 2.33. The monoisotopic (exact) mass is 264 g/mol. The van der Waals surface area contributed by atoms with Crippen molar-refractivity contribution in [2.24, 2.45) is 11.7 Å². The standard InChI is InChI=1S/C15H24N2O2/c1-11-9-13(11)14-7-6-12(19-14)10-17(2)15(18)5-3-4-8-16/h6-7,11,13H,3-5,8-10,16H2,1-2H3. The van der Waals surface area contributed by atoms with E-state index in [0.29, 0.717) is 25.4 Å². The second-order valence-corrected chi connectivity index (χ2v) is 5.62. The summed E-state index contributed by atoms with van der Waals surface area (Å²) in [7, 11) is 1.83. The number of carbonyl (C=O) groups excluding carboxylic acids is 1. The van der Waals surface area contributed by atoms with Crippen LogP contribution in [0.3, 0.4) is 0 Å². The molecule has 0 saturated heterocycles. The molecule has 2 rings (SSSR count). The topological polar surface area (TPSA) is 59.5 Å². The van der Waals surface area contributed by atoms with Gasteiger partial charge < -0.3 is 15.1 Å². The zero-order valence-electron chi connectivity index (χ0n) is 11.9. The minimum absolute atomic E-state index is 0.159. The molecule has 1 aromatic rings. The molecular weight excluding hydrogens is 240 g/mol. The van der Waals surface area contributed by atoms with E-state index in [2.05, 4.69) is 13.0 Å². The Morgan fingerprint density at radius 1 is 1.47 bits per heavy atom. The van der Waals surface area contributed by atoms with E-state index in [9.17, 15) is 4.79 Å². The minimum Gasteiger partial charge on any atom is -0.464 e. The Bertz CT molecular complexity index is 428. The zero-order valence-corrected chi connectivity index (χ0v) is 11.9. The van der Waals surface area contributed by atoms with E-state index in [1.165, 1.54) is 6.42 Å². The third kappa shape index (κ3) is 3.83. The molecule has 1 amide bonds. The molecule has 2 atom stereocenters. The van der Waals surface area contributed by atoms with Gasteiger partial charge in [0.2, 0.25) is 5.91 Å². The van der Waals surface area contributed by atoms with Crippen LogP contribution in [0.25, 0.3) is 0 Å². The highest BCUT2D eigenvalue weighted by Crippen LogP contribution is 2.47. The molecule has 2 unspecified atom stereocenters. The van der Waals surface area contributed by atoms with Crippen molar-refractivity contribution in [3.05, 3.63) is 23.7 Å². The molecule has 1 aliphatic rings. The third-order valence-electron chi connectivity index (χ3n) is 3.82. The van der Waals surface area contributed by atoms with Crippen LogP contribution in [0, 0.1) is 5.92 Å². The molecule has 0 spiro atoms. The molecule has 0 bridgehead atoms. The average Bonchev–Trinajstić information content (AvgIpc) is 2.93. The van der Waals surface area contributed by atoms with Gasteiger partial charge in [0.25, 0.3) is 0 Å². The largest absolute Gasteiger partial charge is 0.464 e. The number of carbonyl (C=O) groups is 1. The maximum Gasteiger partial charge on any atom is 0.222 e. The summed E-state index contributed by atoms with van der Waals surface area (Å²) in [5.41, 5.74) is 5.42. The number of unbranched alkanes of at least 4 members (excludes halogenated alkanes) is 1. The molecule has 4 heteroatoms. The quantitative estimate of drug-likeness (QED) is 0.770. The number of nitrogens with zero attached hydrogens (tertiary/aromatic N) is 1. The molecule has 1 aliphatic carbocycles. The van der Waals surface area contributed by atoms with E-state index >= 15 is 0 Å². The predicted molar refractivity (Wildman–Crippen MR) is 74.6 cm³/mol. The Morgan fingerprint density at radius 2 is 2.21 bits per heavy atom. The summed E-state index contributed by atoms with van der Waals surface area (Å²) in [5.74, 6) is 3.45. The molecular formula is C15H24N2O2. The van der Waals surface area contributed by atoms with Crippen molar-refractivity contribution >= 4 is 5.91 Å². The van der Waals surface area contributed by atoms with E-state index in [4.69, 9.17) is 10.2 Å². The fourth-order valence-electron chi connectivity index (χ4n) is 2.33. The van der Waals surface area contributed by atoms with E-state index in [-0.39, 0.29) is 5.91 Å². The van der Waals surface area contributed by atoms with Gasteiger partial charge in [-0.3, -0.25) is 4.79 Å². The maximum absolute atomic E-state index is 11.9. The Kier molecular flexibility index (Phi) is 4.64. The molecule has 0 aromatic carbocycles. The van der Waals surface area contributed by atoms with E-state index in [1.807, 2.05) is 13.1 Å². The second-order valence-electron chi connectivity index (χ2n) is 5.62. The van der Waals surface area contributed by atoms with Crippen molar-refractivity contribution in [2.45, 2.75) is 45.1 Å². The molecule has 1 saturated carbocycles. The van der Waals surface area contributed by atoms with Crippen molar-refractivity contribution in [3.63, 3.8) is 0 Å². The van der Waals surface area contributed by atoms with Crippen molar-refractivity contribution in [1.82, 2.24) is 4.90 Å². The highest BCUT2D eigenvalue weighted by Gasteiger charge is 2.36. The van der Waals surface area contributed by atoms with Crippen LogP contribution in [0.15, 0.2) is 16.5 Å². The second kappa shape index (κ2) is 6.24. The molecule has 2 N–H and O–H groups in total. The van der Waals surface area contributed by atoms with Gasteiger partial charge in [0.15, 0.2) is 0 Å². The van der Waals surface area contributed by atoms with Gasteiger partial charge in [0, 0.05) is 19.4 Å². The first-order chi connectivity index (χ1) is 9.11. The lowest BCUT2D eigenvalue weighted by atomic mass is 10.2. The first kappa shape index (κ1) is 14.1. The van der Waals surface area contributed by atoms with Gasteiger partial charge in [-0.1, -0.05) is 6.92 Å². The smallest absolute Gasteiger partial charge is 0.222 e. The molecule has 1 aromatic heterocycles. The minimum atomic E-state index is 0.159. The SMILES string of the molecule is CC1CC1c1ccc(CN(C)C(=O)CCCCN)o1. The maximum atomic E-state index is 11.9. The Morgan fingerprint density at radius 3 is 2.84 bits per heavy atom. The first-order valence-corrected chi connectivity index (χ1v) is 7.14. The number of hydrogen-bond acceptors (Lipinski definition) is 3. The lowest BCUT2D eigenvalue weighted by Gasteiger charge is -2.15. The van der Waals surface area contributed by atoms with Crippen LogP contribution in [-0.4, -0.2) is 24.4 Å². The lowest BCUT2D eigenvalue weighted by molar-refractivity contribution is -0.130. The van der Waals surface area contributed by atoms with E-state index in [0.717, 1.165) is 30.3 Å². The molecule has 106 valence electrons. The van der Waals surface area contributed by atoms with Gasteiger partial charge in [-0.25, -0.2) is 0 Å². The van der Waals surface area contributed by atoms with Crippen molar-refractivity contribution in [3.8, 4) is 0 Å². The fraction of sp³-hybridized carbons (Fsp3) is 0.667. The Labute approximate surface area is 114 Å². The summed E-state index contributed by atoms with van der Waals surface area (Å²) in [5, 5.41) is 0. The van der Waals surface area contributed by atoms with Crippen LogP contribution < -0.4 is 5.73 Å². The lowest BCUT2D eigenvalue weighted by Crippen LogP contribution is -2.25. The van der Waals surface area contributed by atoms with Crippen molar-refractivity contribution < 1.29 is 9.21 Å². The van der Waals surface area contributed by atoms with Crippen LogP contribution in [-0.2, 0) is 11.3 Å². The third-order valence-corrected chi connectivity index (χ3v) is 3.82. The first-order valence-electron chi connectivity index (χ1n) is 7.14. The number of amides is 1. The summed E-state index contributed by atoms with van der Waals surface area (Å²) >= 11 is 0. The van der Waals surface area contributed by atoms with Crippen LogP contribution in [0.2, 0.25) is 0 Å². The average molecular weight is 264 g/mol. The van der Waals surface area contributed by atoms with Crippen molar-refractivity contribution in [1.29, 1.82) is 0 Å². The number of nitrogens with two attached hydrogens (primary N) is 1. The molecule has 0 radical (unpaired) electrons. The Balaban J connectivity index is 1.79. The van der Waals surface area contributed by atoms with Crippen LogP contribution in [0.5, 0.6) is 0 Å². The van der Waals surface area contributed by atoms with E-state index in [1.54, 1.807) is 4.90 Å². The van der Waals surface area contributed by atoms with Gasteiger partial charge in [-0.15, -0.1) is 0 Å². The van der Waals surface area contributed by atoms with Gasteiger partial charge >= 0.3 is 0 Å². The van der Waals surface area contributed by atoms with E-state index < -0.39 is 0 Å². The molecule has 4 nitrogen and oxygen atoms in total. The summed E-state index contributed by atoms with van der Waals surface area (Å²) < 4.78 is 5.81. The van der Waals surface area contributed by atoms with Crippen LogP contribution in [0.1, 0.15) is 50.0 Å². The number of rotatable bonds is 7. The Hall–Kier alpha value is -1.29. The summed E-state index contributed by atoms with van der Waals surface area (Å²) in [6.45, 7) is 3.45. The van der Waals surface area contributed by atoms with Gasteiger partial charge in [0.05, 0.1) is 6.54 Å². The number of hydrogen-bond donors (Lipinski definition) is 1. The zero-order chi connectivity index (χ0) is 13.8. The van der Waals surface area contributed by atoms with Gasteiger partial charge in [-0.05, 0) is 43.9 Å². The van der Waals surface area contributed by atoms with Gasteiger partial charge in [0.1, 0.15) is 11.5 Å². The van der Waals surface area contributed by atoms with Gasteiger partial charge in [-0.2, -0.15) is 0 Å². The van der Waals surface area contributed by atoms with Crippen molar-refractivity contribution in [2.75, 3.05) is 13.6 Å². The molecule has 1 fully saturated rings. The predicted octanol–water partition coefficient (Wildman–Crippen LogP) is 2.49. The van der Waals surface area contributed by atoms with Crippen LogP contribution in [0.4, 0.5) is 0 Å². The number of furan rings is 1. The molecule has 0 aliphatic heterocycles. The highest BCUT2D eigenvalue weighted by atomic mass is 16.3. The normalized spacial score (nSPS) is 21.4. The highest BCUT2D eigenvalue weighted by molar-refractivity contribution is 5.75. The summed E-state index contributed by atoms with van der Waals surface area (Å²) in [6.07, 6.45) is 3.56. The molecule has 1 heterocycles. The summed E-state index contributed by atoms with van der Waals surface area (Å²) in [4.78, 5) is 13.6. The molecule has 19 heavy (non-hydrogen) atoms. The summed E-state index contributed by atoms with van der Waals surface area (Å²) in [6, 6.07) is 4.04.